The van der Waals surface area contributed by atoms with E-state index in [-0.39, 0.29) is 30.8 Å². The molecule has 0 heterocycles. The topological polar surface area (TPSA) is 130 Å². The highest BCUT2D eigenvalue weighted by Gasteiger charge is 2.39. The minimum atomic E-state index is -0.773. The van der Waals surface area contributed by atoms with Gasteiger partial charge in [0.15, 0.2) is 0 Å². The van der Waals surface area contributed by atoms with E-state index in [1.807, 2.05) is 12.2 Å². The summed E-state index contributed by atoms with van der Waals surface area (Å²) in [6.07, 6.45) is 26.3. The molecule has 7 atom stereocenters. The molecule has 0 radical (unpaired) electrons. The van der Waals surface area contributed by atoms with Gasteiger partial charge in [-0.05, 0) is 25.2 Å². The highest BCUT2D eigenvalue weighted by atomic mass is 16.3. The van der Waals surface area contributed by atoms with Crippen molar-refractivity contribution in [1.29, 1.82) is 0 Å². The van der Waals surface area contributed by atoms with E-state index >= 15 is 0 Å². The van der Waals surface area contributed by atoms with Crippen molar-refractivity contribution in [2.75, 3.05) is 6.61 Å². The Balaban J connectivity index is 2.25. The standard InChI is InChI=1S/C36H67NO6/c1-3-5-7-8-9-10-11-12-13-14-15-16-18-23-33(40)32(28-38)37-36(43)24-20-19-22-30-31(35(42)27-34(30)41)26-25-29(39)21-17-6-4-2/h19-20,25-26,29-35,38-42H,3-18,21-24,27-28H2,1-2H3,(H,37,43)/b20-19-,26-25+/t29-,30+,31-,32+,33-,34+,35-/m1/s1. The van der Waals surface area contributed by atoms with Gasteiger partial charge in [0.1, 0.15) is 0 Å². The smallest absolute Gasteiger partial charge is 0.224 e. The molecule has 0 spiro atoms. The lowest BCUT2D eigenvalue weighted by Crippen LogP contribution is -2.45. The fraction of sp³-hybridized carbons (Fsp3) is 0.861. The van der Waals surface area contributed by atoms with Crippen LogP contribution in [0.2, 0.25) is 0 Å². The summed E-state index contributed by atoms with van der Waals surface area (Å²) in [5, 5.41) is 54.1. The first-order valence-electron chi connectivity index (χ1n) is 17.8. The number of hydrogen-bond donors (Lipinski definition) is 6. The summed E-state index contributed by atoms with van der Waals surface area (Å²) in [4.78, 5) is 12.5. The van der Waals surface area contributed by atoms with E-state index in [0.717, 1.165) is 38.5 Å². The third-order valence-corrected chi connectivity index (χ3v) is 9.06. The summed E-state index contributed by atoms with van der Waals surface area (Å²) >= 11 is 0. The molecular formula is C36H67NO6. The second-order valence-electron chi connectivity index (χ2n) is 12.9. The van der Waals surface area contributed by atoms with Crippen LogP contribution in [-0.4, -0.2) is 68.5 Å². The van der Waals surface area contributed by atoms with Crippen molar-refractivity contribution in [3.05, 3.63) is 24.3 Å². The molecule has 7 nitrogen and oxygen atoms in total. The Bertz CT molecular complexity index is 729. The van der Waals surface area contributed by atoms with E-state index < -0.39 is 30.5 Å². The Morgan fingerprint density at radius 1 is 0.767 bits per heavy atom. The van der Waals surface area contributed by atoms with E-state index in [1.54, 1.807) is 12.2 Å². The Hall–Kier alpha value is -1.25. The Morgan fingerprint density at radius 2 is 1.30 bits per heavy atom. The van der Waals surface area contributed by atoms with Crippen LogP contribution in [0.25, 0.3) is 0 Å². The Morgan fingerprint density at radius 3 is 1.88 bits per heavy atom. The average molecular weight is 610 g/mol. The first-order chi connectivity index (χ1) is 20.8. The lowest BCUT2D eigenvalue weighted by molar-refractivity contribution is -0.122. The molecule has 0 aliphatic heterocycles. The molecule has 1 aliphatic rings. The van der Waals surface area contributed by atoms with Gasteiger partial charge in [-0.1, -0.05) is 141 Å². The van der Waals surface area contributed by atoms with Gasteiger partial charge < -0.3 is 30.8 Å². The summed E-state index contributed by atoms with van der Waals surface area (Å²) in [5.41, 5.74) is 0. The van der Waals surface area contributed by atoms with Crippen LogP contribution >= 0.6 is 0 Å². The van der Waals surface area contributed by atoms with Crippen LogP contribution in [0.15, 0.2) is 24.3 Å². The van der Waals surface area contributed by atoms with E-state index in [1.165, 1.54) is 64.2 Å². The predicted octanol–water partition coefficient (Wildman–Crippen LogP) is 6.50. The molecular weight excluding hydrogens is 542 g/mol. The normalized spacial score (nSPS) is 22.9. The van der Waals surface area contributed by atoms with Crippen LogP contribution in [0.5, 0.6) is 0 Å². The minimum Gasteiger partial charge on any atom is -0.394 e. The van der Waals surface area contributed by atoms with Crippen LogP contribution < -0.4 is 5.32 Å². The van der Waals surface area contributed by atoms with Crippen LogP contribution in [0, 0.1) is 11.8 Å². The van der Waals surface area contributed by atoms with E-state index in [0.29, 0.717) is 25.7 Å². The van der Waals surface area contributed by atoms with Gasteiger partial charge in [-0.3, -0.25) is 4.79 Å². The van der Waals surface area contributed by atoms with Crippen molar-refractivity contribution in [2.45, 2.75) is 179 Å². The van der Waals surface area contributed by atoms with Gasteiger partial charge in [-0.2, -0.15) is 0 Å². The molecule has 43 heavy (non-hydrogen) atoms. The molecule has 0 aromatic heterocycles. The number of allylic oxidation sites excluding steroid dienone is 1. The summed E-state index contributed by atoms with van der Waals surface area (Å²) in [6.45, 7) is 4.07. The molecule has 1 amide bonds. The fourth-order valence-corrected chi connectivity index (χ4v) is 6.21. The maximum absolute atomic E-state index is 12.5. The number of aliphatic hydroxyl groups excluding tert-OH is 5. The molecule has 0 saturated heterocycles. The van der Waals surface area contributed by atoms with E-state index in [4.69, 9.17) is 0 Å². The molecule has 1 fully saturated rings. The third-order valence-electron chi connectivity index (χ3n) is 9.06. The number of carbonyl (C=O) groups is 1. The maximum Gasteiger partial charge on any atom is 0.224 e. The molecule has 0 unspecified atom stereocenters. The number of amides is 1. The number of unbranched alkanes of at least 4 members (excludes halogenated alkanes) is 14. The van der Waals surface area contributed by atoms with Crippen molar-refractivity contribution in [3.8, 4) is 0 Å². The van der Waals surface area contributed by atoms with Crippen LogP contribution in [0.1, 0.15) is 149 Å². The minimum absolute atomic E-state index is 0.115. The van der Waals surface area contributed by atoms with E-state index in [9.17, 15) is 30.3 Å². The van der Waals surface area contributed by atoms with Crippen molar-refractivity contribution in [2.24, 2.45) is 11.8 Å². The highest BCUT2D eigenvalue weighted by molar-refractivity contribution is 5.77. The molecule has 0 aromatic carbocycles. The van der Waals surface area contributed by atoms with Gasteiger partial charge in [0.2, 0.25) is 5.91 Å². The zero-order valence-corrected chi connectivity index (χ0v) is 27.6. The zero-order valence-electron chi connectivity index (χ0n) is 27.6. The van der Waals surface area contributed by atoms with Gasteiger partial charge in [-0.25, -0.2) is 0 Å². The van der Waals surface area contributed by atoms with Gasteiger partial charge in [0.05, 0.1) is 37.1 Å². The first-order valence-corrected chi connectivity index (χ1v) is 17.8. The molecule has 6 N–H and O–H groups in total. The van der Waals surface area contributed by atoms with Gasteiger partial charge in [-0.15, -0.1) is 0 Å². The van der Waals surface area contributed by atoms with Crippen LogP contribution in [0.4, 0.5) is 0 Å². The van der Waals surface area contributed by atoms with Crippen LogP contribution in [0.3, 0.4) is 0 Å². The maximum atomic E-state index is 12.5. The number of rotatable bonds is 27. The molecule has 252 valence electrons. The van der Waals surface area contributed by atoms with E-state index in [2.05, 4.69) is 19.2 Å². The first kappa shape index (κ1) is 39.8. The zero-order chi connectivity index (χ0) is 31.7. The van der Waals surface area contributed by atoms with Crippen molar-refractivity contribution in [1.82, 2.24) is 5.32 Å². The molecule has 0 bridgehead atoms. The largest absolute Gasteiger partial charge is 0.394 e. The number of carbonyl (C=O) groups excluding carboxylic acids is 1. The third kappa shape index (κ3) is 19.0. The number of aliphatic hydroxyl groups is 5. The summed E-state index contributed by atoms with van der Waals surface area (Å²) in [7, 11) is 0. The summed E-state index contributed by atoms with van der Waals surface area (Å²) < 4.78 is 0. The number of hydrogen-bond acceptors (Lipinski definition) is 6. The van der Waals surface area contributed by atoms with Gasteiger partial charge in [0.25, 0.3) is 0 Å². The fourth-order valence-electron chi connectivity index (χ4n) is 6.21. The van der Waals surface area contributed by atoms with Crippen LogP contribution in [-0.2, 0) is 4.79 Å². The number of nitrogens with one attached hydrogen (secondary N) is 1. The Kier molecular flexibility index (Phi) is 24.1. The van der Waals surface area contributed by atoms with Crippen molar-refractivity contribution in [3.63, 3.8) is 0 Å². The predicted molar refractivity (Wildman–Crippen MR) is 177 cm³/mol. The second-order valence-corrected chi connectivity index (χ2v) is 12.9. The lowest BCUT2D eigenvalue weighted by Gasteiger charge is -2.22. The monoisotopic (exact) mass is 609 g/mol. The average Bonchev–Trinajstić information content (AvgIpc) is 3.26. The SMILES string of the molecule is CCCCCCCCCCCCCCC[C@@H](O)[C@H](CO)NC(=O)C/C=C\C[C@H]1[C@@H](/C=C/[C@H](O)CCCCC)[C@H](O)C[C@@H]1O. The molecule has 7 heteroatoms. The summed E-state index contributed by atoms with van der Waals surface area (Å²) in [5.74, 6) is -0.688. The molecule has 1 rings (SSSR count). The van der Waals surface area contributed by atoms with Gasteiger partial charge in [0, 0.05) is 18.8 Å². The Labute approximate surface area is 263 Å². The second kappa shape index (κ2) is 26.0. The lowest BCUT2D eigenvalue weighted by atomic mass is 9.89. The molecule has 0 aromatic rings. The summed E-state index contributed by atoms with van der Waals surface area (Å²) in [6, 6.07) is -0.678. The van der Waals surface area contributed by atoms with Crippen molar-refractivity contribution >= 4 is 5.91 Å². The highest BCUT2D eigenvalue weighted by Crippen LogP contribution is 2.36. The van der Waals surface area contributed by atoms with Gasteiger partial charge >= 0.3 is 0 Å². The molecule has 1 saturated carbocycles. The van der Waals surface area contributed by atoms with Crippen molar-refractivity contribution < 1.29 is 30.3 Å². The quantitative estimate of drug-likeness (QED) is 0.0466. The molecule has 1 aliphatic carbocycles.